The van der Waals surface area contributed by atoms with Gasteiger partial charge in [-0.1, -0.05) is 0 Å². The largest absolute Gasteiger partial charge is 0.465 e. The topological polar surface area (TPSA) is 41.6 Å². The molecule has 122 valence electrons. The molecular formula is C14H23F3N2O2. The van der Waals surface area contributed by atoms with Gasteiger partial charge in [0.05, 0.1) is 13.2 Å². The van der Waals surface area contributed by atoms with E-state index < -0.39 is 18.3 Å². The second kappa shape index (κ2) is 6.12. The lowest BCUT2D eigenvalue weighted by molar-refractivity contribution is -0.152. The molecule has 21 heavy (non-hydrogen) atoms. The number of halogens is 3. The zero-order chi connectivity index (χ0) is 15.7. The normalized spacial score (nSPS) is 29.9. The Kier molecular flexibility index (Phi) is 4.82. The van der Waals surface area contributed by atoms with Crippen molar-refractivity contribution in [1.29, 1.82) is 0 Å². The molecule has 2 rings (SSSR count). The molecule has 0 heterocycles. The Balaban J connectivity index is 2.01. The van der Waals surface area contributed by atoms with Crippen molar-refractivity contribution in [3.63, 3.8) is 0 Å². The van der Waals surface area contributed by atoms with Gasteiger partial charge in [0.2, 0.25) is 0 Å². The molecule has 0 bridgehead atoms. The van der Waals surface area contributed by atoms with Gasteiger partial charge in [0, 0.05) is 12.1 Å². The van der Waals surface area contributed by atoms with Gasteiger partial charge in [0.1, 0.15) is 5.54 Å². The van der Waals surface area contributed by atoms with Crippen LogP contribution in [0.5, 0.6) is 0 Å². The summed E-state index contributed by atoms with van der Waals surface area (Å²) in [6, 6.07) is 0.0587. The van der Waals surface area contributed by atoms with Crippen molar-refractivity contribution in [2.45, 2.75) is 62.8 Å². The van der Waals surface area contributed by atoms with Crippen LogP contribution in [0.1, 0.15) is 39.0 Å². The average Bonchev–Trinajstić information content (AvgIpc) is 3.04. The number of hydrogen-bond acceptors (Lipinski definition) is 4. The molecule has 0 spiro atoms. The van der Waals surface area contributed by atoms with Gasteiger partial charge in [-0.2, -0.15) is 13.2 Å². The molecule has 0 aromatic heterocycles. The first-order valence-corrected chi connectivity index (χ1v) is 7.47. The van der Waals surface area contributed by atoms with Crippen LogP contribution in [0.4, 0.5) is 13.2 Å². The Morgan fingerprint density at radius 1 is 1.38 bits per heavy atom. The van der Waals surface area contributed by atoms with E-state index in [2.05, 4.69) is 5.32 Å². The fraction of sp³-hybridized carbons (Fsp3) is 0.929. The monoisotopic (exact) mass is 308 g/mol. The predicted octanol–water partition coefficient (Wildman–Crippen LogP) is 2.09. The lowest BCUT2D eigenvalue weighted by atomic mass is 9.97. The Labute approximate surface area is 123 Å². The predicted molar refractivity (Wildman–Crippen MR) is 71.8 cm³/mol. The third-order valence-electron chi connectivity index (χ3n) is 4.26. The van der Waals surface area contributed by atoms with Crippen LogP contribution in [-0.4, -0.2) is 54.9 Å². The highest BCUT2D eigenvalue weighted by Gasteiger charge is 2.50. The maximum atomic E-state index is 12.5. The van der Waals surface area contributed by atoms with Gasteiger partial charge in [-0.15, -0.1) is 0 Å². The zero-order valence-corrected chi connectivity index (χ0v) is 12.5. The molecular weight excluding hydrogens is 285 g/mol. The highest BCUT2D eigenvalue weighted by Crippen LogP contribution is 2.37. The van der Waals surface area contributed by atoms with E-state index >= 15 is 0 Å². The lowest BCUT2D eigenvalue weighted by Gasteiger charge is -2.30. The first-order valence-electron chi connectivity index (χ1n) is 7.47. The van der Waals surface area contributed by atoms with Crippen LogP contribution in [0.2, 0.25) is 0 Å². The van der Waals surface area contributed by atoms with Crippen molar-refractivity contribution in [2.24, 2.45) is 0 Å². The third kappa shape index (κ3) is 4.32. The standard InChI is InChI=1S/C14H23F3N2O2/c1-3-21-12(20)13(18-10-4-5-10)7-6-11(8-13)19(2)9-14(15,16)17/h10-11,18H,3-9H2,1-2H3. The van der Waals surface area contributed by atoms with E-state index in [1.54, 1.807) is 6.92 Å². The quantitative estimate of drug-likeness (QED) is 0.763. The number of nitrogens with zero attached hydrogens (tertiary/aromatic N) is 1. The van der Waals surface area contributed by atoms with Crippen LogP contribution in [0.15, 0.2) is 0 Å². The maximum Gasteiger partial charge on any atom is 0.401 e. The molecule has 0 saturated heterocycles. The number of esters is 1. The number of hydrogen-bond donors (Lipinski definition) is 1. The molecule has 7 heteroatoms. The highest BCUT2D eigenvalue weighted by atomic mass is 19.4. The average molecular weight is 308 g/mol. The molecule has 2 saturated carbocycles. The van der Waals surface area contributed by atoms with E-state index in [-0.39, 0.29) is 18.6 Å². The first kappa shape index (κ1) is 16.5. The molecule has 0 amide bonds. The van der Waals surface area contributed by atoms with Gasteiger partial charge < -0.3 is 4.74 Å². The molecule has 0 radical (unpaired) electrons. The Morgan fingerprint density at radius 3 is 2.57 bits per heavy atom. The van der Waals surface area contributed by atoms with Gasteiger partial charge in [-0.05, 0) is 46.1 Å². The number of nitrogens with one attached hydrogen (secondary N) is 1. The van der Waals surface area contributed by atoms with Crippen molar-refractivity contribution >= 4 is 5.97 Å². The fourth-order valence-electron chi connectivity index (χ4n) is 3.07. The highest BCUT2D eigenvalue weighted by molar-refractivity contribution is 5.81. The zero-order valence-electron chi connectivity index (χ0n) is 12.5. The van der Waals surface area contributed by atoms with Crippen LogP contribution in [0, 0.1) is 0 Å². The molecule has 0 aromatic rings. The van der Waals surface area contributed by atoms with Crippen LogP contribution in [0.3, 0.4) is 0 Å². The van der Waals surface area contributed by atoms with Crippen molar-refractivity contribution in [3.8, 4) is 0 Å². The summed E-state index contributed by atoms with van der Waals surface area (Å²) in [5, 5.41) is 3.32. The SMILES string of the molecule is CCOC(=O)C1(NC2CC2)CCC(N(C)CC(F)(F)F)C1. The summed E-state index contributed by atoms with van der Waals surface area (Å²) in [4.78, 5) is 13.6. The van der Waals surface area contributed by atoms with Gasteiger partial charge in [-0.3, -0.25) is 15.0 Å². The maximum absolute atomic E-state index is 12.5. The van der Waals surface area contributed by atoms with Crippen molar-refractivity contribution < 1.29 is 22.7 Å². The second-order valence-electron chi connectivity index (χ2n) is 6.15. The summed E-state index contributed by atoms with van der Waals surface area (Å²) in [5.41, 5.74) is -0.804. The van der Waals surface area contributed by atoms with E-state index in [1.807, 2.05) is 0 Å². The number of alkyl halides is 3. The minimum absolute atomic E-state index is 0.248. The van der Waals surface area contributed by atoms with Crippen LogP contribution < -0.4 is 5.32 Å². The fourth-order valence-corrected chi connectivity index (χ4v) is 3.07. The molecule has 2 fully saturated rings. The van der Waals surface area contributed by atoms with Crippen LogP contribution in [0.25, 0.3) is 0 Å². The Hall–Kier alpha value is -0.820. The molecule has 2 aliphatic rings. The van der Waals surface area contributed by atoms with Gasteiger partial charge in [0.15, 0.2) is 0 Å². The van der Waals surface area contributed by atoms with Crippen molar-refractivity contribution in [2.75, 3.05) is 20.2 Å². The van der Waals surface area contributed by atoms with Crippen molar-refractivity contribution in [1.82, 2.24) is 10.2 Å². The number of carbonyl (C=O) groups excluding carboxylic acids is 1. The summed E-state index contributed by atoms with van der Waals surface area (Å²) in [6.45, 7) is 1.08. The van der Waals surface area contributed by atoms with Gasteiger partial charge >= 0.3 is 12.1 Å². The van der Waals surface area contributed by atoms with E-state index in [4.69, 9.17) is 4.74 Å². The van der Waals surface area contributed by atoms with Gasteiger partial charge in [-0.25, -0.2) is 0 Å². The molecule has 0 aliphatic heterocycles. The Bertz CT molecular complexity index is 385. The summed E-state index contributed by atoms with van der Waals surface area (Å²) < 4.78 is 42.7. The Morgan fingerprint density at radius 2 is 2.05 bits per heavy atom. The van der Waals surface area contributed by atoms with Gasteiger partial charge in [0.25, 0.3) is 0 Å². The number of rotatable bonds is 6. The summed E-state index contributed by atoms with van der Waals surface area (Å²) in [5.74, 6) is -0.320. The summed E-state index contributed by atoms with van der Waals surface area (Å²) in [6.07, 6.45) is -0.683. The molecule has 2 atom stereocenters. The van der Waals surface area contributed by atoms with E-state index in [0.717, 1.165) is 12.8 Å². The second-order valence-corrected chi connectivity index (χ2v) is 6.15. The van der Waals surface area contributed by atoms with E-state index in [0.29, 0.717) is 25.3 Å². The number of carbonyl (C=O) groups is 1. The summed E-state index contributed by atoms with van der Waals surface area (Å²) in [7, 11) is 1.47. The van der Waals surface area contributed by atoms with Crippen LogP contribution in [-0.2, 0) is 9.53 Å². The third-order valence-corrected chi connectivity index (χ3v) is 4.26. The molecule has 0 aromatic carbocycles. The number of ether oxygens (including phenoxy) is 1. The minimum atomic E-state index is -4.21. The molecule has 1 N–H and O–H groups in total. The molecule has 4 nitrogen and oxygen atoms in total. The summed E-state index contributed by atoms with van der Waals surface area (Å²) >= 11 is 0. The van der Waals surface area contributed by atoms with E-state index in [1.165, 1.54) is 11.9 Å². The molecule has 2 aliphatic carbocycles. The van der Waals surface area contributed by atoms with Crippen molar-refractivity contribution in [3.05, 3.63) is 0 Å². The van der Waals surface area contributed by atoms with E-state index in [9.17, 15) is 18.0 Å². The smallest absolute Gasteiger partial charge is 0.401 e. The minimum Gasteiger partial charge on any atom is -0.465 e. The first-order chi connectivity index (χ1) is 9.76. The molecule has 2 unspecified atom stereocenters. The van der Waals surface area contributed by atoms with Crippen LogP contribution >= 0.6 is 0 Å². The lowest BCUT2D eigenvalue weighted by Crippen LogP contribution is -2.53.